The van der Waals surface area contributed by atoms with Gasteiger partial charge in [0.05, 0.1) is 0 Å². The molecule has 26 heavy (non-hydrogen) atoms. The van der Waals surface area contributed by atoms with Crippen LogP contribution in [-0.4, -0.2) is 48.3 Å². The molecule has 1 unspecified atom stereocenters. The number of allylic oxidation sites excluding steroid dienone is 2. The van der Waals surface area contributed by atoms with Crippen LogP contribution in [0.2, 0.25) is 0 Å². The first-order valence-corrected chi connectivity index (χ1v) is 9.43. The zero-order chi connectivity index (χ0) is 19.9. The molecule has 0 aromatic carbocycles. The molecule has 1 saturated carbocycles. The van der Waals surface area contributed by atoms with E-state index in [0.717, 1.165) is 18.4 Å². The standard InChI is InChI=1S/C20H32O6/c1-10-6-7-13-15(21)14-11(2)19(23,24)20(25,26)16(22)18(14,5)9-8-12(10)17(13,3)4/h10,12,16,21-26H,6-9H2,1-5H3/b15-13+/t10-,12+,16?,18+/m1/s1. The van der Waals surface area contributed by atoms with Gasteiger partial charge in [-0.3, -0.25) is 0 Å². The lowest BCUT2D eigenvalue weighted by atomic mass is 9.53. The molecule has 6 heteroatoms. The lowest BCUT2D eigenvalue weighted by molar-refractivity contribution is -0.386. The Morgan fingerprint density at radius 2 is 1.58 bits per heavy atom. The Kier molecular flexibility index (Phi) is 4.23. The quantitative estimate of drug-likeness (QED) is 0.362. The van der Waals surface area contributed by atoms with Crippen LogP contribution in [0, 0.1) is 22.7 Å². The third-order valence-electron chi connectivity index (χ3n) is 7.71. The second kappa shape index (κ2) is 5.55. The number of hydrogen-bond acceptors (Lipinski definition) is 6. The van der Waals surface area contributed by atoms with Gasteiger partial charge < -0.3 is 30.6 Å². The molecule has 148 valence electrons. The molecule has 0 aliphatic heterocycles. The molecule has 0 amide bonds. The lowest BCUT2D eigenvalue weighted by Crippen LogP contribution is -2.69. The summed E-state index contributed by atoms with van der Waals surface area (Å²) >= 11 is 0. The van der Waals surface area contributed by atoms with Crippen LogP contribution < -0.4 is 0 Å². The predicted molar refractivity (Wildman–Crippen MR) is 95.7 cm³/mol. The molecule has 0 radical (unpaired) electrons. The summed E-state index contributed by atoms with van der Waals surface area (Å²) in [5, 5.41) is 63.4. The minimum atomic E-state index is -3.13. The molecule has 0 saturated heterocycles. The molecule has 0 spiro atoms. The summed E-state index contributed by atoms with van der Waals surface area (Å²) in [5.74, 6) is -5.49. The third-order valence-corrected chi connectivity index (χ3v) is 7.71. The normalized spacial score (nSPS) is 44.2. The minimum absolute atomic E-state index is 0.0337. The minimum Gasteiger partial charge on any atom is -0.508 e. The van der Waals surface area contributed by atoms with Crippen molar-refractivity contribution in [2.75, 3.05) is 0 Å². The van der Waals surface area contributed by atoms with Crippen molar-refractivity contribution in [1.29, 1.82) is 0 Å². The number of aliphatic hydroxyl groups is 6. The van der Waals surface area contributed by atoms with Gasteiger partial charge in [0, 0.05) is 11.0 Å². The maximum Gasteiger partial charge on any atom is 0.250 e. The molecular formula is C20H32O6. The molecule has 3 aliphatic carbocycles. The number of rotatable bonds is 0. The third kappa shape index (κ3) is 2.23. The molecule has 0 aromatic rings. The van der Waals surface area contributed by atoms with E-state index >= 15 is 0 Å². The monoisotopic (exact) mass is 368 g/mol. The van der Waals surface area contributed by atoms with E-state index in [1.165, 1.54) is 6.92 Å². The van der Waals surface area contributed by atoms with Gasteiger partial charge in [-0.1, -0.05) is 27.7 Å². The molecule has 3 aliphatic rings. The first-order valence-electron chi connectivity index (χ1n) is 9.43. The van der Waals surface area contributed by atoms with Crippen LogP contribution in [0.1, 0.15) is 60.3 Å². The maximum atomic E-state index is 11.2. The van der Waals surface area contributed by atoms with Crippen molar-refractivity contribution in [2.45, 2.75) is 78.0 Å². The Hall–Kier alpha value is -0.920. The highest BCUT2D eigenvalue weighted by molar-refractivity contribution is 5.48. The summed E-state index contributed by atoms with van der Waals surface area (Å²) in [6.07, 6.45) is 0.896. The van der Waals surface area contributed by atoms with Gasteiger partial charge in [-0.05, 0) is 61.0 Å². The van der Waals surface area contributed by atoms with Crippen LogP contribution in [0.25, 0.3) is 0 Å². The van der Waals surface area contributed by atoms with E-state index in [-0.39, 0.29) is 28.2 Å². The molecule has 2 bridgehead atoms. The van der Waals surface area contributed by atoms with E-state index in [1.807, 2.05) is 0 Å². The summed E-state index contributed by atoms with van der Waals surface area (Å²) in [6, 6.07) is 0. The van der Waals surface area contributed by atoms with Crippen molar-refractivity contribution in [1.82, 2.24) is 0 Å². The van der Waals surface area contributed by atoms with Gasteiger partial charge in [0.2, 0.25) is 5.79 Å². The largest absolute Gasteiger partial charge is 0.508 e. The fourth-order valence-corrected chi connectivity index (χ4v) is 5.87. The van der Waals surface area contributed by atoms with Gasteiger partial charge >= 0.3 is 0 Å². The lowest BCUT2D eigenvalue weighted by Gasteiger charge is -2.56. The van der Waals surface area contributed by atoms with Crippen molar-refractivity contribution in [3.05, 3.63) is 22.5 Å². The van der Waals surface area contributed by atoms with Crippen LogP contribution in [0.4, 0.5) is 0 Å². The Labute approximate surface area is 154 Å². The topological polar surface area (TPSA) is 121 Å². The SMILES string of the molecule is CC1=C2/C(O)=C3/CC[C@@H](C)[C@H](CC[C@]2(C)C(O)C(O)(O)C1(O)O)C3(C)C. The van der Waals surface area contributed by atoms with Crippen LogP contribution >= 0.6 is 0 Å². The summed E-state index contributed by atoms with van der Waals surface area (Å²) < 4.78 is 0. The molecule has 1 fully saturated rings. The zero-order valence-electron chi connectivity index (χ0n) is 16.2. The van der Waals surface area contributed by atoms with E-state index in [1.54, 1.807) is 6.92 Å². The van der Waals surface area contributed by atoms with Crippen LogP contribution in [-0.2, 0) is 0 Å². The average Bonchev–Trinajstić information content (AvgIpc) is 2.51. The van der Waals surface area contributed by atoms with Crippen molar-refractivity contribution < 1.29 is 30.6 Å². The Balaban J connectivity index is 2.35. The average molecular weight is 368 g/mol. The van der Waals surface area contributed by atoms with E-state index in [0.29, 0.717) is 18.8 Å². The molecule has 0 heterocycles. The molecular weight excluding hydrogens is 336 g/mol. The maximum absolute atomic E-state index is 11.2. The van der Waals surface area contributed by atoms with Crippen LogP contribution in [0.5, 0.6) is 0 Å². The molecule has 6 N–H and O–H groups in total. The van der Waals surface area contributed by atoms with Crippen LogP contribution in [0.15, 0.2) is 22.5 Å². The summed E-state index contributed by atoms with van der Waals surface area (Å²) in [7, 11) is 0. The second-order valence-corrected chi connectivity index (χ2v) is 9.43. The fraction of sp³-hybridized carbons (Fsp3) is 0.800. The first kappa shape index (κ1) is 19.8. The van der Waals surface area contributed by atoms with E-state index in [2.05, 4.69) is 20.8 Å². The molecule has 6 nitrogen and oxygen atoms in total. The van der Waals surface area contributed by atoms with E-state index < -0.39 is 23.1 Å². The van der Waals surface area contributed by atoms with Gasteiger partial charge in [0.25, 0.3) is 5.79 Å². The van der Waals surface area contributed by atoms with Gasteiger partial charge in [-0.2, -0.15) is 0 Å². The fourth-order valence-electron chi connectivity index (χ4n) is 5.87. The highest BCUT2D eigenvalue weighted by Gasteiger charge is 2.66. The van der Waals surface area contributed by atoms with Crippen LogP contribution in [0.3, 0.4) is 0 Å². The van der Waals surface area contributed by atoms with E-state index in [9.17, 15) is 30.6 Å². The number of aliphatic hydroxyl groups excluding tert-OH is 2. The molecule has 4 atom stereocenters. The van der Waals surface area contributed by atoms with Gasteiger partial charge in [0.1, 0.15) is 11.9 Å². The highest BCUT2D eigenvalue weighted by atomic mass is 16.6. The first-order chi connectivity index (χ1) is 11.7. The van der Waals surface area contributed by atoms with Crippen molar-refractivity contribution >= 4 is 0 Å². The predicted octanol–water partition coefficient (Wildman–Crippen LogP) is 1.72. The van der Waals surface area contributed by atoms with E-state index in [4.69, 9.17) is 0 Å². The number of hydrogen-bond donors (Lipinski definition) is 6. The molecule has 0 aromatic heterocycles. The van der Waals surface area contributed by atoms with Gasteiger partial charge in [-0.25, -0.2) is 0 Å². The Bertz CT molecular complexity index is 686. The van der Waals surface area contributed by atoms with Crippen molar-refractivity contribution in [3.8, 4) is 0 Å². The Morgan fingerprint density at radius 3 is 2.15 bits per heavy atom. The molecule has 3 rings (SSSR count). The van der Waals surface area contributed by atoms with Crippen molar-refractivity contribution in [2.24, 2.45) is 22.7 Å². The zero-order valence-corrected chi connectivity index (χ0v) is 16.2. The smallest absolute Gasteiger partial charge is 0.250 e. The number of fused-ring (bicyclic) bond motifs is 3. The summed E-state index contributed by atoms with van der Waals surface area (Å²) in [5.41, 5.74) is -0.531. The highest BCUT2D eigenvalue weighted by Crippen LogP contribution is 2.60. The second-order valence-electron chi connectivity index (χ2n) is 9.43. The summed E-state index contributed by atoms with van der Waals surface area (Å²) in [4.78, 5) is 0. The van der Waals surface area contributed by atoms with Gasteiger partial charge in [0.15, 0.2) is 0 Å². The van der Waals surface area contributed by atoms with Gasteiger partial charge in [-0.15, -0.1) is 0 Å². The summed E-state index contributed by atoms with van der Waals surface area (Å²) in [6.45, 7) is 9.42. The Morgan fingerprint density at radius 1 is 1.00 bits per heavy atom. The van der Waals surface area contributed by atoms with Crippen molar-refractivity contribution in [3.63, 3.8) is 0 Å².